The predicted octanol–water partition coefficient (Wildman–Crippen LogP) is 5.75. The Morgan fingerprint density at radius 3 is 2.56 bits per heavy atom. The third-order valence-electron chi connectivity index (χ3n) is 3.34. The third kappa shape index (κ3) is 5.01. The van der Waals surface area contributed by atoms with E-state index in [1.54, 1.807) is 5.57 Å². The van der Waals surface area contributed by atoms with Crippen LogP contribution in [0.25, 0.3) is 0 Å². The normalized spacial score (nSPS) is 27.9. The van der Waals surface area contributed by atoms with E-state index in [1.807, 2.05) is 13.8 Å². The molecule has 1 aliphatic carbocycles. The van der Waals surface area contributed by atoms with E-state index in [4.69, 9.17) is 0 Å². The summed E-state index contributed by atoms with van der Waals surface area (Å²) in [7, 11) is 0. The molecule has 0 amide bonds. The van der Waals surface area contributed by atoms with Gasteiger partial charge in [0.25, 0.3) is 0 Å². The van der Waals surface area contributed by atoms with Gasteiger partial charge in [0.15, 0.2) is 0 Å². The van der Waals surface area contributed by atoms with Crippen LogP contribution in [0.4, 0.5) is 0 Å². The highest BCUT2D eigenvalue weighted by molar-refractivity contribution is 5.16. The Hall–Kier alpha value is -0.520. The largest absolute Gasteiger partial charge is 0.0879 e. The smallest absolute Gasteiger partial charge is 0.000227 e. The second-order valence-corrected chi connectivity index (χ2v) is 4.48. The summed E-state index contributed by atoms with van der Waals surface area (Å²) in [5.41, 5.74) is 1.66. The fourth-order valence-electron chi connectivity index (χ4n) is 2.40. The summed E-state index contributed by atoms with van der Waals surface area (Å²) in [6, 6.07) is 0. The van der Waals surface area contributed by atoms with Crippen molar-refractivity contribution in [2.24, 2.45) is 11.8 Å². The average Bonchev–Trinajstić information content (AvgIpc) is 2.34. The first kappa shape index (κ1) is 15.5. The Morgan fingerprint density at radius 1 is 1.31 bits per heavy atom. The van der Waals surface area contributed by atoms with Crippen molar-refractivity contribution in [3.05, 3.63) is 23.8 Å². The van der Waals surface area contributed by atoms with Gasteiger partial charge in [-0.15, -0.1) is 0 Å². The minimum atomic E-state index is 0.736. The van der Waals surface area contributed by atoms with E-state index in [2.05, 4.69) is 39.0 Å². The molecule has 0 aromatic carbocycles. The van der Waals surface area contributed by atoms with Gasteiger partial charge < -0.3 is 0 Å². The van der Waals surface area contributed by atoms with Gasteiger partial charge in [-0.1, -0.05) is 57.9 Å². The van der Waals surface area contributed by atoms with Gasteiger partial charge in [-0.3, -0.25) is 0 Å². The van der Waals surface area contributed by atoms with Crippen LogP contribution in [0.2, 0.25) is 0 Å². The van der Waals surface area contributed by atoms with Gasteiger partial charge in [-0.2, -0.15) is 0 Å². The number of hydrogen-bond donors (Lipinski definition) is 0. The monoisotopic (exact) mass is 222 g/mol. The molecule has 0 bridgehead atoms. The van der Waals surface area contributed by atoms with Crippen LogP contribution in [-0.2, 0) is 0 Å². The molecule has 0 heteroatoms. The minimum Gasteiger partial charge on any atom is -0.0879 e. The summed E-state index contributed by atoms with van der Waals surface area (Å²) >= 11 is 0. The summed E-state index contributed by atoms with van der Waals surface area (Å²) < 4.78 is 0. The Balaban J connectivity index is 0.00000106. The minimum absolute atomic E-state index is 0.736. The second-order valence-electron chi connectivity index (χ2n) is 4.48. The van der Waals surface area contributed by atoms with Crippen LogP contribution >= 0.6 is 0 Å². The molecule has 0 spiro atoms. The number of rotatable bonds is 3. The average molecular weight is 222 g/mol. The molecule has 1 aliphatic rings. The molecule has 0 saturated heterocycles. The molecule has 0 nitrogen and oxygen atoms in total. The van der Waals surface area contributed by atoms with E-state index >= 15 is 0 Å². The lowest BCUT2D eigenvalue weighted by atomic mass is 9.76. The summed E-state index contributed by atoms with van der Waals surface area (Å²) in [6.45, 7) is 10.8. The molecule has 94 valence electrons. The van der Waals surface area contributed by atoms with E-state index in [1.165, 1.54) is 32.1 Å². The summed E-state index contributed by atoms with van der Waals surface area (Å²) in [5.74, 6) is 1.59. The van der Waals surface area contributed by atoms with Crippen molar-refractivity contribution in [3.63, 3.8) is 0 Å². The van der Waals surface area contributed by atoms with Crippen molar-refractivity contribution in [2.75, 3.05) is 0 Å². The third-order valence-corrected chi connectivity index (χ3v) is 3.34. The van der Waals surface area contributed by atoms with E-state index < -0.39 is 0 Å². The van der Waals surface area contributed by atoms with Crippen molar-refractivity contribution in [2.45, 2.75) is 66.7 Å². The van der Waals surface area contributed by atoms with Crippen LogP contribution in [0.15, 0.2) is 23.8 Å². The molecule has 1 rings (SSSR count). The van der Waals surface area contributed by atoms with Gasteiger partial charge in [0.2, 0.25) is 0 Å². The molecule has 0 radical (unpaired) electrons. The Kier molecular flexibility index (Phi) is 9.37. The van der Waals surface area contributed by atoms with Crippen molar-refractivity contribution < 1.29 is 0 Å². The van der Waals surface area contributed by atoms with Gasteiger partial charge in [0.05, 0.1) is 0 Å². The molecule has 2 atom stereocenters. The molecular formula is C16H30. The lowest BCUT2D eigenvalue weighted by Crippen LogP contribution is -2.17. The molecule has 0 aliphatic heterocycles. The van der Waals surface area contributed by atoms with Crippen LogP contribution in [0, 0.1) is 11.8 Å². The maximum Gasteiger partial charge on any atom is 0.000227 e. The van der Waals surface area contributed by atoms with Crippen molar-refractivity contribution in [1.29, 1.82) is 0 Å². The van der Waals surface area contributed by atoms with Crippen LogP contribution in [0.5, 0.6) is 0 Å². The van der Waals surface area contributed by atoms with Crippen LogP contribution in [0.1, 0.15) is 66.7 Å². The van der Waals surface area contributed by atoms with E-state index in [-0.39, 0.29) is 0 Å². The highest BCUT2D eigenvalue weighted by Gasteiger charge is 2.22. The van der Waals surface area contributed by atoms with Gasteiger partial charge in [0, 0.05) is 5.92 Å². The second kappa shape index (κ2) is 9.69. The zero-order valence-electron chi connectivity index (χ0n) is 11.9. The molecule has 1 saturated carbocycles. The Morgan fingerprint density at radius 2 is 2.00 bits per heavy atom. The lowest BCUT2D eigenvalue weighted by molar-refractivity contribution is 0.378. The molecule has 0 aromatic heterocycles. The SMILES string of the molecule is C/C=C1/CCCC(C)C1C=CCCC.CC. The van der Waals surface area contributed by atoms with Crippen molar-refractivity contribution in [1.82, 2.24) is 0 Å². The van der Waals surface area contributed by atoms with Crippen LogP contribution in [0.3, 0.4) is 0 Å². The predicted molar refractivity (Wildman–Crippen MR) is 75.7 cm³/mol. The molecule has 0 heterocycles. The zero-order valence-corrected chi connectivity index (χ0v) is 11.9. The van der Waals surface area contributed by atoms with Crippen molar-refractivity contribution in [3.8, 4) is 0 Å². The molecule has 0 N–H and O–H groups in total. The fourth-order valence-corrected chi connectivity index (χ4v) is 2.40. The van der Waals surface area contributed by atoms with Gasteiger partial charge in [-0.25, -0.2) is 0 Å². The Bertz CT molecular complexity index is 210. The zero-order chi connectivity index (χ0) is 12.4. The maximum absolute atomic E-state index is 2.45. The first-order chi connectivity index (χ1) is 7.79. The highest BCUT2D eigenvalue weighted by Crippen LogP contribution is 2.35. The summed E-state index contributed by atoms with van der Waals surface area (Å²) in [4.78, 5) is 0. The van der Waals surface area contributed by atoms with Crippen LogP contribution < -0.4 is 0 Å². The molecule has 16 heavy (non-hydrogen) atoms. The first-order valence-corrected chi connectivity index (χ1v) is 7.11. The van der Waals surface area contributed by atoms with Gasteiger partial charge in [-0.05, 0) is 38.5 Å². The van der Waals surface area contributed by atoms with Crippen molar-refractivity contribution >= 4 is 0 Å². The number of unbranched alkanes of at least 4 members (excludes halogenated alkanes) is 1. The number of hydrogen-bond acceptors (Lipinski definition) is 0. The van der Waals surface area contributed by atoms with Gasteiger partial charge in [0.1, 0.15) is 0 Å². The standard InChI is InChI=1S/C14H24.C2H6/c1-4-6-7-11-14-12(3)9-8-10-13(14)5-2;1-2/h5,7,11-12,14H,4,6,8-10H2,1-3H3;1-2H3/b11-7?,13-5-;. The summed E-state index contributed by atoms with van der Waals surface area (Å²) in [5, 5.41) is 0. The molecule has 2 unspecified atom stereocenters. The van der Waals surface area contributed by atoms with E-state index in [0.29, 0.717) is 0 Å². The molecular weight excluding hydrogens is 192 g/mol. The Labute approximate surface area is 103 Å². The first-order valence-electron chi connectivity index (χ1n) is 7.11. The lowest BCUT2D eigenvalue weighted by Gasteiger charge is -2.29. The van der Waals surface area contributed by atoms with Gasteiger partial charge >= 0.3 is 0 Å². The number of allylic oxidation sites excluding steroid dienone is 4. The molecule has 0 aromatic rings. The van der Waals surface area contributed by atoms with Crippen LogP contribution in [-0.4, -0.2) is 0 Å². The topological polar surface area (TPSA) is 0 Å². The fraction of sp³-hybridized carbons (Fsp3) is 0.750. The molecule has 1 fully saturated rings. The quantitative estimate of drug-likeness (QED) is 0.533. The highest BCUT2D eigenvalue weighted by atomic mass is 14.3. The summed E-state index contributed by atoms with van der Waals surface area (Å²) in [6.07, 6.45) is 13.8. The van der Waals surface area contributed by atoms with E-state index in [0.717, 1.165) is 11.8 Å². The maximum atomic E-state index is 2.45. The van der Waals surface area contributed by atoms with E-state index in [9.17, 15) is 0 Å².